The number of carbonyl (C=O) groups excluding carboxylic acids is 2. The van der Waals surface area contributed by atoms with Crippen molar-refractivity contribution in [2.75, 3.05) is 13.6 Å². The Morgan fingerprint density at radius 2 is 2.18 bits per heavy atom. The molecular weight excluding hydrogens is 280 g/mol. The van der Waals surface area contributed by atoms with Crippen molar-refractivity contribution in [2.24, 2.45) is 5.92 Å². The van der Waals surface area contributed by atoms with Crippen LogP contribution in [0.3, 0.4) is 0 Å². The van der Waals surface area contributed by atoms with Crippen molar-refractivity contribution in [3.8, 4) is 0 Å². The second kappa shape index (κ2) is 6.02. The quantitative estimate of drug-likeness (QED) is 0.907. The Morgan fingerprint density at radius 3 is 2.77 bits per heavy atom. The van der Waals surface area contributed by atoms with E-state index in [1.165, 1.54) is 6.42 Å². The van der Waals surface area contributed by atoms with Gasteiger partial charge in [0.15, 0.2) is 5.54 Å². The molecule has 1 aromatic rings. The highest BCUT2D eigenvalue weighted by molar-refractivity contribution is 5.92. The minimum Gasteiger partial charge on any atom is -0.357 e. The molecule has 0 bridgehead atoms. The van der Waals surface area contributed by atoms with E-state index in [1.807, 2.05) is 0 Å². The number of likely N-dealkylation sites (tertiary alicyclic amines) is 1. The number of hydrogen-bond acceptors (Lipinski definition) is 4. The van der Waals surface area contributed by atoms with Crippen molar-refractivity contribution in [3.05, 3.63) is 24.3 Å². The summed E-state index contributed by atoms with van der Waals surface area (Å²) in [6.45, 7) is 0.607. The molecule has 1 saturated heterocycles. The Morgan fingerprint density at radius 1 is 1.36 bits per heavy atom. The molecule has 1 saturated carbocycles. The number of carbonyl (C=O) groups is 2. The summed E-state index contributed by atoms with van der Waals surface area (Å²) in [7, 11) is 1.60. The van der Waals surface area contributed by atoms with Gasteiger partial charge in [-0.3, -0.25) is 19.6 Å². The van der Waals surface area contributed by atoms with E-state index in [2.05, 4.69) is 15.3 Å². The van der Waals surface area contributed by atoms with Gasteiger partial charge in [-0.05, 0) is 31.6 Å². The van der Waals surface area contributed by atoms with Crippen molar-refractivity contribution in [1.82, 2.24) is 20.2 Å². The van der Waals surface area contributed by atoms with Crippen molar-refractivity contribution < 1.29 is 9.59 Å². The van der Waals surface area contributed by atoms with Crippen molar-refractivity contribution in [1.29, 1.82) is 0 Å². The van der Waals surface area contributed by atoms with E-state index >= 15 is 0 Å². The van der Waals surface area contributed by atoms with Crippen LogP contribution >= 0.6 is 0 Å². The van der Waals surface area contributed by atoms with Crippen LogP contribution in [0.5, 0.6) is 0 Å². The Balaban J connectivity index is 1.93. The molecule has 2 heterocycles. The highest BCUT2D eigenvalue weighted by Crippen LogP contribution is 2.40. The molecule has 0 radical (unpaired) electrons. The number of likely N-dealkylation sites (N-methyl/N-ethyl adjacent to an activating group) is 1. The van der Waals surface area contributed by atoms with E-state index < -0.39 is 5.54 Å². The summed E-state index contributed by atoms with van der Waals surface area (Å²) in [6.07, 6.45) is 10.2. The summed E-state index contributed by atoms with van der Waals surface area (Å²) in [5, 5.41) is 2.71. The number of hydrogen-bond donors (Lipinski definition) is 1. The van der Waals surface area contributed by atoms with Crippen LogP contribution in [0.2, 0.25) is 0 Å². The SMILES string of the molecule is CNC(=O)C1(c2cnccn2)CCCN1C(=O)CC1CCC1. The van der Waals surface area contributed by atoms with E-state index in [4.69, 9.17) is 0 Å². The molecule has 1 aromatic heterocycles. The first kappa shape index (κ1) is 14.9. The maximum atomic E-state index is 12.8. The second-order valence-electron chi connectivity index (χ2n) is 6.18. The summed E-state index contributed by atoms with van der Waals surface area (Å²) in [5.41, 5.74) is -0.432. The number of nitrogens with zero attached hydrogens (tertiary/aromatic N) is 3. The second-order valence-corrected chi connectivity index (χ2v) is 6.18. The van der Waals surface area contributed by atoms with Gasteiger partial charge in [0.1, 0.15) is 0 Å². The summed E-state index contributed by atoms with van der Waals surface area (Å²) in [5.74, 6) is 0.376. The number of rotatable bonds is 4. The van der Waals surface area contributed by atoms with Gasteiger partial charge in [0, 0.05) is 32.4 Å². The van der Waals surface area contributed by atoms with Crippen LogP contribution < -0.4 is 5.32 Å². The molecule has 1 atom stereocenters. The van der Waals surface area contributed by atoms with Crippen molar-refractivity contribution in [2.45, 2.75) is 44.1 Å². The van der Waals surface area contributed by atoms with Crippen molar-refractivity contribution >= 4 is 11.8 Å². The third-order valence-electron chi connectivity index (χ3n) is 4.96. The Hall–Kier alpha value is -1.98. The first-order chi connectivity index (χ1) is 10.7. The van der Waals surface area contributed by atoms with Gasteiger partial charge < -0.3 is 10.2 Å². The molecule has 22 heavy (non-hydrogen) atoms. The molecule has 2 aliphatic rings. The van der Waals surface area contributed by atoms with E-state index in [9.17, 15) is 9.59 Å². The zero-order valence-corrected chi connectivity index (χ0v) is 12.9. The van der Waals surface area contributed by atoms with E-state index in [0.717, 1.165) is 19.3 Å². The lowest BCUT2D eigenvalue weighted by Crippen LogP contribution is -2.55. The minimum atomic E-state index is -0.996. The smallest absolute Gasteiger partial charge is 0.252 e. The molecule has 1 aliphatic carbocycles. The predicted octanol–water partition coefficient (Wildman–Crippen LogP) is 1.23. The fourth-order valence-electron chi connectivity index (χ4n) is 3.55. The van der Waals surface area contributed by atoms with E-state index in [0.29, 0.717) is 31.0 Å². The van der Waals surface area contributed by atoms with Gasteiger partial charge in [-0.1, -0.05) is 6.42 Å². The number of aromatic nitrogens is 2. The normalized spacial score (nSPS) is 24.9. The maximum absolute atomic E-state index is 12.8. The van der Waals surface area contributed by atoms with Crippen molar-refractivity contribution in [3.63, 3.8) is 0 Å². The van der Waals surface area contributed by atoms with Gasteiger partial charge >= 0.3 is 0 Å². The first-order valence-electron chi connectivity index (χ1n) is 7.97. The Kier molecular flexibility index (Phi) is 4.09. The summed E-state index contributed by atoms with van der Waals surface area (Å²) in [4.78, 5) is 35.6. The predicted molar refractivity (Wildman–Crippen MR) is 80.7 cm³/mol. The lowest BCUT2D eigenvalue weighted by molar-refractivity contribution is -0.147. The molecule has 1 aliphatic heterocycles. The lowest BCUT2D eigenvalue weighted by atomic mass is 9.82. The molecule has 0 spiro atoms. The zero-order chi connectivity index (χ0) is 15.6. The standard InChI is InChI=1S/C16H22N4O2/c1-17-15(22)16(13-11-18-7-8-19-13)6-3-9-20(16)14(21)10-12-4-2-5-12/h7-8,11-12H,2-6,9-10H2,1H3,(H,17,22). The van der Waals surface area contributed by atoms with Crippen LogP contribution in [0.4, 0.5) is 0 Å². The summed E-state index contributed by atoms with van der Waals surface area (Å²) >= 11 is 0. The largest absolute Gasteiger partial charge is 0.357 e. The molecule has 118 valence electrons. The summed E-state index contributed by atoms with van der Waals surface area (Å²) in [6, 6.07) is 0. The molecule has 6 nitrogen and oxygen atoms in total. The van der Waals surface area contributed by atoms with Gasteiger partial charge in [0.05, 0.1) is 11.9 Å². The average molecular weight is 302 g/mol. The molecule has 0 aromatic carbocycles. The molecule has 3 rings (SSSR count). The fourth-order valence-corrected chi connectivity index (χ4v) is 3.55. The molecule has 1 N–H and O–H groups in total. The van der Waals surface area contributed by atoms with Gasteiger partial charge in [0.25, 0.3) is 5.91 Å². The average Bonchev–Trinajstić information content (AvgIpc) is 2.96. The first-order valence-corrected chi connectivity index (χ1v) is 7.97. The molecule has 6 heteroatoms. The lowest BCUT2D eigenvalue weighted by Gasteiger charge is -2.37. The zero-order valence-electron chi connectivity index (χ0n) is 12.9. The minimum absolute atomic E-state index is 0.0662. The monoisotopic (exact) mass is 302 g/mol. The van der Waals surface area contributed by atoms with Gasteiger partial charge in [0.2, 0.25) is 5.91 Å². The van der Waals surface area contributed by atoms with Crippen LogP contribution in [0.1, 0.15) is 44.2 Å². The highest BCUT2D eigenvalue weighted by Gasteiger charge is 2.52. The van der Waals surface area contributed by atoms with E-state index in [1.54, 1.807) is 30.5 Å². The highest BCUT2D eigenvalue weighted by atomic mass is 16.2. The molecular formula is C16H22N4O2. The van der Waals surface area contributed by atoms with Crippen LogP contribution in [0.15, 0.2) is 18.6 Å². The number of nitrogens with one attached hydrogen (secondary N) is 1. The van der Waals surface area contributed by atoms with Crippen LogP contribution in [-0.2, 0) is 15.1 Å². The molecule has 2 fully saturated rings. The van der Waals surface area contributed by atoms with Crippen LogP contribution in [0.25, 0.3) is 0 Å². The Labute approximate surface area is 130 Å². The van der Waals surface area contributed by atoms with E-state index in [-0.39, 0.29) is 11.8 Å². The van der Waals surface area contributed by atoms with Gasteiger partial charge in [-0.2, -0.15) is 0 Å². The summed E-state index contributed by atoms with van der Waals surface area (Å²) < 4.78 is 0. The Bertz CT molecular complexity index is 559. The van der Waals surface area contributed by atoms with Gasteiger partial charge in [-0.15, -0.1) is 0 Å². The van der Waals surface area contributed by atoms with Crippen LogP contribution in [-0.4, -0.2) is 40.3 Å². The fraction of sp³-hybridized carbons (Fsp3) is 0.625. The number of amides is 2. The molecule has 1 unspecified atom stereocenters. The topological polar surface area (TPSA) is 75.2 Å². The molecule has 2 amide bonds. The maximum Gasteiger partial charge on any atom is 0.252 e. The van der Waals surface area contributed by atoms with Gasteiger partial charge in [-0.25, -0.2) is 0 Å². The third kappa shape index (κ3) is 2.36. The van der Waals surface area contributed by atoms with Crippen LogP contribution in [0, 0.1) is 5.92 Å². The third-order valence-corrected chi connectivity index (χ3v) is 4.96.